The Morgan fingerprint density at radius 1 is 1.15 bits per heavy atom. The molecule has 0 bridgehead atoms. The minimum Gasteiger partial charge on any atom is -0.497 e. The molecule has 0 aliphatic carbocycles. The maximum Gasteiger partial charge on any atom is 0.271 e. The summed E-state index contributed by atoms with van der Waals surface area (Å²) >= 11 is 1.18. The fourth-order valence-electron chi connectivity index (χ4n) is 2.20. The molecule has 1 aliphatic rings. The van der Waals surface area contributed by atoms with Gasteiger partial charge in [-0.15, -0.1) is 5.10 Å². The molecular formula is C19H17N3O3S. The molecule has 6 nitrogen and oxygen atoms in total. The van der Waals surface area contributed by atoms with Gasteiger partial charge in [0.15, 0.2) is 5.17 Å². The Balaban J connectivity index is 1.65. The van der Waals surface area contributed by atoms with Crippen molar-refractivity contribution < 1.29 is 14.3 Å². The maximum absolute atomic E-state index is 12.1. The number of carbonyl (C=O) groups is 2. The predicted octanol–water partition coefficient (Wildman–Crippen LogP) is 2.91. The van der Waals surface area contributed by atoms with Crippen molar-refractivity contribution in [3.8, 4) is 5.75 Å². The Labute approximate surface area is 155 Å². The number of methoxy groups -OCH3 is 1. The number of carbonyl (C=O) groups excluding carboxylic acids is 2. The van der Waals surface area contributed by atoms with E-state index in [9.17, 15) is 9.59 Å². The summed E-state index contributed by atoms with van der Waals surface area (Å²) in [7, 11) is 1.56. The van der Waals surface area contributed by atoms with Gasteiger partial charge in [-0.25, -0.2) is 5.43 Å². The van der Waals surface area contributed by atoms with E-state index in [1.54, 1.807) is 37.5 Å². The van der Waals surface area contributed by atoms with Crippen LogP contribution in [-0.4, -0.2) is 24.1 Å². The third-order valence-electron chi connectivity index (χ3n) is 3.64. The molecule has 0 unspecified atom stereocenters. The molecule has 0 saturated carbocycles. The number of amidine groups is 1. The highest BCUT2D eigenvalue weighted by atomic mass is 32.2. The lowest BCUT2D eigenvalue weighted by atomic mass is 10.1. The van der Waals surface area contributed by atoms with Gasteiger partial charge in [0.05, 0.1) is 12.0 Å². The number of nitrogens with zero attached hydrogens (tertiary/aromatic N) is 1. The standard InChI is InChI=1S/C19H17N3O3S/c1-12-3-5-13(6-4-12)11-16-18(24)20-19(26-16)22-21-17(23)14-7-9-15(25-2)10-8-14/h3-11H,1-2H3,(H,21,23)(H,20,22,24). The number of hydrazone groups is 1. The van der Waals surface area contributed by atoms with Crippen molar-refractivity contribution in [1.29, 1.82) is 0 Å². The molecule has 7 heteroatoms. The second-order valence-electron chi connectivity index (χ2n) is 5.56. The number of hydrogen-bond donors (Lipinski definition) is 2. The van der Waals surface area contributed by atoms with Gasteiger partial charge in [0.25, 0.3) is 11.8 Å². The van der Waals surface area contributed by atoms with Crippen molar-refractivity contribution in [1.82, 2.24) is 10.7 Å². The number of amides is 2. The highest BCUT2D eigenvalue weighted by molar-refractivity contribution is 8.18. The number of nitrogens with one attached hydrogen (secondary N) is 2. The van der Waals surface area contributed by atoms with Gasteiger partial charge in [0.1, 0.15) is 5.75 Å². The quantitative estimate of drug-likeness (QED) is 0.643. The second-order valence-corrected chi connectivity index (χ2v) is 6.59. The van der Waals surface area contributed by atoms with E-state index in [1.165, 1.54) is 11.8 Å². The smallest absolute Gasteiger partial charge is 0.271 e. The first-order chi connectivity index (χ1) is 12.5. The monoisotopic (exact) mass is 367 g/mol. The van der Waals surface area contributed by atoms with Crippen LogP contribution in [0.15, 0.2) is 58.5 Å². The van der Waals surface area contributed by atoms with Gasteiger partial charge in [-0.05, 0) is 54.6 Å². The van der Waals surface area contributed by atoms with E-state index in [2.05, 4.69) is 15.8 Å². The summed E-state index contributed by atoms with van der Waals surface area (Å²) in [6.07, 6.45) is 1.78. The zero-order valence-electron chi connectivity index (χ0n) is 14.3. The Kier molecular flexibility index (Phi) is 5.38. The SMILES string of the molecule is COc1ccc(C(=O)NN=C2NC(=O)C(=Cc3ccc(C)cc3)S2)cc1. The van der Waals surface area contributed by atoms with Crippen LogP contribution in [0.5, 0.6) is 5.75 Å². The van der Waals surface area contributed by atoms with Crippen LogP contribution in [0.3, 0.4) is 0 Å². The Hall–Kier alpha value is -3.06. The molecule has 1 fully saturated rings. The molecule has 1 aliphatic heterocycles. The first-order valence-corrected chi connectivity index (χ1v) is 8.66. The van der Waals surface area contributed by atoms with Crippen LogP contribution in [0.1, 0.15) is 21.5 Å². The summed E-state index contributed by atoms with van der Waals surface area (Å²) in [5.74, 6) is 0.0522. The maximum atomic E-state index is 12.1. The molecule has 1 saturated heterocycles. The highest BCUT2D eigenvalue weighted by Crippen LogP contribution is 2.25. The lowest BCUT2D eigenvalue weighted by molar-refractivity contribution is -0.115. The largest absolute Gasteiger partial charge is 0.497 e. The number of hydrogen-bond acceptors (Lipinski definition) is 5. The van der Waals surface area contributed by atoms with E-state index in [-0.39, 0.29) is 11.8 Å². The third-order valence-corrected chi connectivity index (χ3v) is 4.55. The lowest BCUT2D eigenvalue weighted by Gasteiger charge is -2.02. The van der Waals surface area contributed by atoms with Crippen LogP contribution >= 0.6 is 11.8 Å². The molecule has 2 N–H and O–H groups in total. The fourth-order valence-corrected chi connectivity index (χ4v) is 2.99. The summed E-state index contributed by atoms with van der Waals surface area (Å²) < 4.78 is 5.05. The Bertz CT molecular complexity index is 887. The minimum absolute atomic E-state index is 0.243. The highest BCUT2D eigenvalue weighted by Gasteiger charge is 2.24. The second kappa shape index (κ2) is 7.88. The van der Waals surface area contributed by atoms with E-state index in [0.29, 0.717) is 21.4 Å². The van der Waals surface area contributed by atoms with Gasteiger partial charge in [-0.1, -0.05) is 29.8 Å². The topological polar surface area (TPSA) is 79.8 Å². The summed E-state index contributed by atoms with van der Waals surface area (Å²) in [5.41, 5.74) is 4.96. The van der Waals surface area contributed by atoms with Crippen LogP contribution in [0.25, 0.3) is 6.08 Å². The molecular weight excluding hydrogens is 350 g/mol. The van der Waals surface area contributed by atoms with Crippen molar-refractivity contribution in [2.45, 2.75) is 6.92 Å². The summed E-state index contributed by atoms with van der Waals surface area (Å²) in [6.45, 7) is 2.00. The zero-order chi connectivity index (χ0) is 18.5. The van der Waals surface area contributed by atoms with E-state index < -0.39 is 0 Å². The normalized spacial score (nSPS) is 16.6. The average molecular weight is 367 g/mol. The van der Waals surface area contributed by atoms with Gasteiger partial charge >= 0.3 is 0 Å². The van der Waals surface area contributed by atoms with Crippen molar-refractivity contribution in [2.75, 3.05) is 7.11 Å². The number of thioether (sulfide) groups is 1. The zero-order valence-corrected chi connectivity index (χ0v) is 15.1. The molecule has 0 spiro atoms. The molecule has 0 aromatic heterocycles. The Morgan fingerprint density at radius 3 is 2.50 bits per heavy atom. The van der Waals surface area contributed by atoms with Crippen molar-refractivity contribution in [2.24, 2.45) is 5.10 Å². The lowest BCUT2D eigenvalue weighted by Crippen LogP contribution is -2.25. The Morgan fingerprint density at radius 2 is 1.85 bits per heavy atom. The van der Waals surface area contributed by atoms with Crippen LogP contribution in [0, 0.1) is 6.92 Å². The van der Waals surface area contributed by atoms with E-state index >= 15 is 0 Å². The van der Waals surface area contributed by atoms with Crippen LogP contribution in [0.4, 0.5) is 0 Å². The van der Waals surface area contributed by atoms with Crippen molar-refractivity contribution >= 4 is 34.8 Å². The molecule has 3 rings (SSSR count). The van der Waals surface area contributed by atoms with Gasteiger partial charge in [0.2, 0.25) is 0 Å². The molecule has 132 valence electrons. The number of aryl methyl sites for hydroxylation is 1. The number of benzene rings is 2. The van der Waals surface area contributed by atoms with E-state index in [1.807, 2.05) is 31.2 Å². The van der Waals surface area contributed by atoms with Gasteiger partial charge < -0.3 is 4.74 Å². The van der Waals surface area contributed by atoms with Crippen molar-refractivity contribution in [3.63, 3.8) is 0 Å². The molecule has 26 heavy (non-hydrogen) atoms. The van der Waals surface area contributed by atoms with Gasteiger partial charge in [-0.3, -0.25) is 14.9 Å². The molecule has 2 aromatic rings. The van der Waals surface area contributed by atoms with Gasteiger partial charge in [-0.2, -0.15) is 0 Å². The van der Waals surface area contributed by atoms with Crippen LogP contribution in [0.2, 0.25) is 0 Å². The summed E-state index contributed by atoms with van der Waals surface area (Å²) in [6, 6.07) is 14.5. The molecule has 2 aromatic carbocycles. The van der Waals surface area contributed by atoms with Crippen LogP contribution in [-0.2, 0) is 4.79 Å². The van der Waals surface area contributed by atoms with Gasteiger partial charge in [0, 0.05) is 5.56 Å². The molecule has 0 radical (unpaired) electrons. The molecule has 0 atom stereocenters. The molecule has 1 heterocycles. The van der Waals surface area contributed by atoms with Crippen molar-refractivity contribution in [3.05, 3.63) is 70.1 Å². The fraction of sp³-hybridized carbons (Fsp3) is 0.105. The van der Waals surface area contributed by atoms with E-state index in [4.69, 9.17) is 4.74 Å². The number of ether oxygens (including phenoxy) is 1. The summed E-state index contributed by atoms with van der Waals surface area (Å²) in [5, 5.41) is 6.94. The minimum atomic E-state index is -0.369. The molecule has 2 amide bonds. The van der Waals surface area contributed by atoms with Crippen LogP contribution < -0.4 is 15.5 Å². The third kappa shape index (κ3) is 4.31. The first-order valence-electron chi connectivity index (χ1n) is 7.85. The number of rotatable bonds is 4. The predicted molar refractivity (Wildman–Crippen MR) is 103 cm³/mol. The summed E-state index contributed by atoms with van der Waals surface area (Å²) in [4.78, 5) is 24.6. The first kappa shape index (κ1) is 17.8. The average Bonchev–Trinajstić information content (AvgIpc) is 3.01. The van der Waals surface area contributed by atoms with E-state index in [0.717, 1.165) is 11.1 Å².